The maximum Gasteiger partial charge on any atom is 0.131 e. The Morgan fingerprint density at radius 2 is 1.64 bits per heavy atom. The Morgan fingerprint density at radius 3 is 2.27 bits per heavy atom. The predicted octanol–water partition coefficient (Wildman–Crippen LogP) is 9.94. The van der Waals surface area contributed by atoms with Gasteiger partial charge in [-0.05, 0) is 60.3 Å². The van der Waals surface area contributed by atoms with Crippen LogP contribution >= 0.6 is 0 Å². The average molecular weight is 467 g/mol. The Kier molecular flexibility index (Phi) is 11.2. The summed E-state index contributed by atoms with van der Waals surface area (Å²) in [6.07, 6.45) is 14.4. The van der Waals surface area contributed by atoms with Crippen LogP contribution in [0.5, 0.6) is 0 Å². The number of hydrogen-bond acceptors (Lipinski definition) is 0. The van der Waals surface area contributed by atoms with Crippen molar-refractivity contribution in [1.29, 1.82) is 0 Å². The molecule has 2 heteroatoms. The lowest BCUT2D eigenvalue weighted by Gasteiger charge is -2.28. The number of rotatable bonds is 13. The van der Waals surface area contributed by atoms with E-state index in [9.17, 15) is 0 Å². The van der Waals surface area contributed by atoms with Gasteiger partial charge in [0.15, 0.2) is 0 Å². The first-order valence-electron chi connectivity index (χ1n) is 14.0. The van der Waals surface area contributed by atoms with Gasteiger partial charge < -0.3 is 0 Å². The van der Waals surface area contributed by atoms with E-state index in [1.54, 1.807) is 0 Å². The topological polar surface area (TPSA) is 0 Å². The second-order valence-corrected chi connectivity index (χ2v) is 14.1. The molecule has 0 radical (unpaired) electrons. The van der Waals surface area contributed by atoms with Gasteiger partial charge >= 0.3 is 0 Å². The molecular formula is C31H47FSi. The normalized spacial score (nSPS) is 19.5. The zero-order valence-corrected chi connectivity index (χ0v) is 22.7. The molecule has 1 fully saturated rings. The molecule has 3 rings (SSSR count). The Morgan fingerprint density at radius 1 is 0.879 bits per heavy atom. The van der Waals surface area contributed by atoms with Crippen LogP contribution in [0.25, 0.3) is 11.1 Å². The highest BCUT2D eigenvalue weighted by Crippen LogP contribution is 2.37. The Labute approximate surface area is 205 Å². The number of halogens is 1. The first-order chi connectivity index (χ1) is 16.1. The quantitative estimate of drug-likeness (QED) is 0.203. The van der Waals surface area contributed by atoms with Gasteiger partial charge in [0.2, 0.25) is 0 Å². The molecule has 1 saturated heterocycles. The van der Waals surface area contributed by atoms with Gasteiger partial charge in [0.1, 0.15) is 5.82 Å². The molecule has 0 N–H and O–H groups in total. The maximum atomic E-state index is 15.1. The van der Waals surface area contributed by atoms with Gasteiger partial charge in [0, 0.05) is 14.4 Å². The van der Waals surface area contributed by atoms with Crippen LogP contribution < -0.4 is 0 Å². The molecule has 0 spiro atoms. The number of hydrogen-bond donors (Lipinski definition) is 0. The van der Waals surface area contributed by atoms with Crippen LogP contribution in [0.15, 0.2) is 42.5 Å². The molecule has 1 unspecified atom stereocenters. The zero-order chi connectivity index (χ0) is 23.5. The molecule has 1 aliphatic rings. The summed E-state index contributed by atoms with van der Waals surface area (Å²) in [5.74, 6) is 1.40. The minimum atomic E-state index is -0.510. The van der Waals surface area contributed by atoms with Crippen LogP contribution in [-0.2, 0) is 6.42 Å². The number of benzene rings is 2. The van der Waals surface area contributed by atoms with Crippen molar-refractivity contribution in [3.8, 4) is 11.1 Å². The Hall–Kier alpha value is -1.41. The lowest BCUT2D eigenvalue weighted by Crippen LogP contribution is -2.20. The van der Waals surface area contributed by atoms with Crippen molar-refractivity contribution in [2.45, 2.75) is 115 Å². The van der Waals surface area contributed by atoms with Crippen LogP contribution in [-0.4, -0.2) is 8.80 Å². The first-order valence-corrected chi connectivity index (χ1v) is 16.5. The van der Waals surface area contributed by atoms with Crippen LogP contribution in [0.1, 0.15) is 102 Å². The van der Waals surface area contributed by atoms with Crippen LogP contribution in [0.2, 0.25) is 18.1 Å². The average Bonchev–Trinajstić information content (AvgIpc) is 2.84. The molecule has 2 aromatic carbocycles. The lowest BCUT2D eigenvalue weighted by molar-refractivity contribution is 0.419. The number of aryl methyl sites for hydroxylation is 1. The van der Waals surface area contributed by atoms with E-state index in [0.29, 0.717) is 5.92 Å². The third-order valence-electron chi connectivity index (χ3n) is 8.14. The standard InChI is InChI=1S/C31H47FSi/c1-4-7-8-21-33-22-19-27(20-23-33)29-17-18-30(31(32)24-29)28-15-13-26(14-16-28)12-9-11-25(6-3)10-5-2/h13-18,24-25,27,33H,4-12,19-23H2,1-3H3. The van der Waals surface area contributed by atoms with Gasteiger partial charge in [0.25, 0.3) is 0 Å². The fourth-order valence-electron chi connectivity index (χ4n) is 5.89. The molecule has 182 valence electrons. The molecule has 33 heavy (non-hydrogen) atoms. The molecule has 0 bridgehead atoms. The second kappa shape index (κ2) is 14.1. The molecule has 0 aromatic heterocycles. The van der Waals surface area contributed by atoms with Gasteiger partial charge in [-0.3, -0.25) is 0 Å². The van der Waals surface area contributed by atoms with E-state index in [1.165, 1.54) is 93.5 Å². The Bertz CT molecular complexity index is 804. The summed E-state index contributed by atoms with van der Waals surface area (Å²) >= 11 is 0. The van der Waals surface area contributed by atoms with Crippen LogP contribution in [0, 0.1) is 11.7 Å². The third kappa shape index (κ3) is 8.09. The van der Waals surface area contributed by atoms with Crippen molar-refractivity contribution in [2.24, 2.45) is 5.92 Å². The molecule has 2 aromatic rings. The van der Waals surface area contributed by atoms with Crippen molar-refractivity contribution in [3.63, 3.8) is 0 Å². The molecule has 0 amide bonds. The minimum absolute atomic E-state index is 0.0482. The van der Waals surface area contributed by atoms with Gasteiger partial charge in [-0.25, -0.2) is 4.39 Å². The van der Waals surface area contributed by atoms with Crippen LogP contribution in [0.4, 0.5) is 4.39 Å². The van der Waals surface area contributed by atoms with E-state index in [1.807, 2.05) is 12.1 Å². The van der Waals surface area contributed by atoms with Crippen molar-refractivity contribution in [3.05, 3.63) is 59.4 Å². The highest BCUT2D eigenvalue weighted by atomic mass is 28.3. The van der Waals surface area contributed by atoms with E-state index in [0.717, 1.165) is 23.5 Å². The smallest absolute Gasteiger partial charge is 0.131 e. The molecule has 1 heterocycles. The van der Waals surface area contributed by atoms with Crippen molar-refractivity contribution < 1.29 is 4.39 Å². The molecule has 1 atom stereocenters. The zero-order valence-electron chi connectivity index (χ0n) is 21.6. The molecular weight excluding hydrogens is 419 g/mol. The SMILES string of the molecule is CCCCC[SiH]1CCC(c2ccc(-c3ccc(CCCC(CC)CCC)cc3)c(F)c2)CC1. The molecule has 1 aliphatic heterocycles. The fourth-order valence-corrected chi connectivity index (χ4v) is 9.37. The van der Waals surface area contributed by atoms with Crippen molar-refractivity contribution in [1.82, 2.24) is 0 Å². The van der Waals surface area contributed by atoms with Crippen LogP contribution in [0.3, 0.4) is 0 Å². The predicted molar refractivity (Wildman–Crippen MR) is 147 cm³/mol. The van der Waals surface area contributed by atoms with Crippen molar-refractivity contribution in [2.75, 3.05) is 0 Å². The summed E-state index contributed by atoms with van der Waals surface area (Å²) < 4.78 is 15.1. The summed E-state index contributed by atoms with van der Waals surface area (Å²) in [5.41, 5.74) is 4.36. The van der Waals surface area contributed by atoms with Gasteiger partial charge in [-0.2, -0.15) is 0 Å². The molecule has 0 nitrogen and oxygen atoms in total. The number of unbranched alkanes of at least 4 members (excludes halogenated alkanes) is 2. The van der Waals surface area contributed by atoms with Crippen molar-refractivity contribution >= 4 is 8.80 Å². The minimum Gasteiger partial charge on any atom is -0.206 e. The highest BCUT2D eigenvalue weighted by Gasteiger charge is 2.23. The lowest BCUT2D eigenvalue weighted by atomic mass is 9.91. The first kappa shape index (κ1) is 26.2. The summed E-state index contributed by atoms with van der Waals surface area (Å²) in [6.45, 7) is 6.90. The fraction of sp³-hybridized carbons (Fsp3) is 0.613. The maximum absolute atomic E-state index is 15.1. The molecule has 0 saturated carbocycles. The highest BCUT2D eigenvalue weighted by molar-refractivity contribution is 6.59. The van der Waals surface area contributed by atoms with Gasteiger partial charge in [-0.15, -0.1) is 0 Å². The van der Waals surface area contributed by atoms with E-state index >= 15 is 4.39 Å². The van der Waals surface area contributed by atoms with E-state index in [-0.39, 0.29) is 5.82 Å². The Balaban J connectivity index is 1.52. The summed E-state index contributed by atoms with van der Waals surface area (Å²) in [4.78, 5) is 0. The third-order valence-corrected chi connectivity index (χ3v) is 11.7. The monoisotopic (exact) mass is 466 g/mol. The van der Waals surface area contributed by atoms with E-state index in [4.69, 9.17) is 0 Å². The summed E-state index contributed by atoms with van der Waals surface area (Å²) in [7, 11) is -0.510. The molecule has 0 aliphatic carbocycles. The largest absolute Gasteiger partial charge is 0.206 e. The summed E-state index contributed by atoms with van der Waals surface area (Å²) in [5, 5.41) is 0. The second-order valence-electron chi connectivity index (χ2n) is 10.6. The van der Waals surface area contributed by atoms with E-state index in [2.05, 4.69) is 51.1 Å². The van der Waals surface area contributed by atoms with E-state index < -0.39 is 8.80 Å². The van der Waals surface area contributed by atoms with Gasteiger partial charge in [-0.1, -0.05) is 120 Å². The summed E-state index contributed by atoms with van der Waals surface area (Å²) in [6, 6.07) is 19.1. The van der Waals surface area contributed by atoms with Gasteiger partial charge in [0.05, 0.1) is 0 Å².